The van der Waals surface area contributed by atoms with Crippen molar-refractivity contribution in [1.29, 1.82) is 0 Å². The van der Waals surface area contributed by atoms with Crippen molar-refractivity contribution in [2.45, 2.75) is 32.4 Å². The van der Waals surface area contributed by atoms with E-state index in [1.807, 2.05) is 0 Å². The molecule has 0 saturated heterocycles. The molecule has 5 heteroatoms. The molecular formula is C23H25NO4. The lowest BCUT2D eigenvalue weighted by atomic mass is 10.0. The predicted octanol–water partition coefficient (Wildman–Crippen LogP) is 4.11. The van der Waals surface area contributed by atoms with E-state index < -0.39 is 11.9 Å². The number of aryl methyl sites for hydroxylation is 1. The Labute approximate surface area is 164 Å². The van der Waals surface area contributed by atoms with E-state index in [1.54, 1.807) is 0 Å². The third-order valence-corrected chi connectivity index (χ3v) is 4.41. The summed E-state index contributed by atoms with van der Waals surface area (Å²) in [6.07, 6.45) is 2.29. The Kier molecular flexibility index (Phi) is 8.18. The molecule has 0 aliphatic carbocycles. The van der Waals surface area contributed by atoms with E-state index in [1.165, 1.54) is 21.9 Å². The smallest absolute Gasteiger partial charge is 0.414 e. The molecule has 1 unspecified atom stereocenters. The second kappa shape index (κ2) is 10.8. The van der Waals surface area contributed by atoms with Crippen molar-refractivity contribution in [2.24, 2.45) is 0 Å². The second-order valence-corrected chi connectivity index (χ2v) is 6.55. The van der Waals surface area contributed by atoms with Gasteiger partial charge in [0.25, 0.3) is 0 Å². The minimum atomic E-state index is -1.82. The summed E-state index contributed by atoms with van der Waals surface area (Å²) in [6.45, 7) is 3.20. The zero-order valence-corrected chi connectivity index (χ0v) is 15.8. The van der Waals surface area contributed by atoms with Crippen molar-refractivity contribution in [3.63, 3.8) is 0 Å². The van der Waals surface area contributed by atoms with E-state index in [-0.39, 0.29) is 0 Å². The van der Waals surface area contributed by atoms with Crippen LogP contribution < -0.4 is 5.32 Å². The molecule has 0 fully saturated rings. The molecule has 0 saturated carbocycles. The summed E-state index contributed by atoms with van der Waals surface area (Å²) in [6, 6.07) is 26.4. The number of hydrogen-bond donors (Lipinski definition) is 3. The summed E-state index contributed by atoms with van der Waals surface area (Å²) in [5.74, 6) is -3.65. The number of nitrogens with one attached hydrogen (secondary N) is 1. The van der Waals surface area contributed by atoms with Crippen molar-refractivity contribution in [2.75, 3.05) is 0 Å². The topological polar surface area (TPSA) is 86.6 Å². The van der Waals surface area contributed by atoms with Crippen LogP contribution in [0.15, 0.2) is 72.8 Å². The van der Waals surface area contributed by atoms with Crippen LogP contribution in [0.1, 0.15) is 24.5 Å². The van der Waals surface area contributed by atoms with Gasteiger partial charge >= 0.3 is 11.9 Å². The third-order valence-electron chi connectivity index (χ3n) is 4.41. The minimum absolute atomic E-state index is 0.513. The van der Waals surface area contributed by atoms with Crippen LogP contribution in [0.3, 0.4) is 0 Å². The zero-order valence-electron chi connectivity index (χ0n) is 15.8. The first-order valence-corrected chi connectivity index (χ1v) is 9.17. The largest absolute Gasteiger partial charge is 0.473 e. The van der Waals surface area contributed by atoms with Crippen LogP contribution >= 0.6 is 0 Å². The van der Waals surface area contributed by atoms with Crippen molar-refractivity contribution in [1.82, 2.24) is 5.32 Å². The molecule has 146 valence electrons. The van der Waals surface area contributed by atoms with E-state index in [0.29, 0.717) is 6.04 Å². The van der Waals surface area contributed by atoms with Gasteiger partial charge in [-0.05, 0) is 41.7 Å². The van der Waals surface area contributed by atoms with Crippen molar-refractivity contribution in [3.8, 4) is 0 Å². The molecule has 3 rings (SSSR count). The van der Waals surface area contributed by atoms with Crippen molar-refractivity contribution in [3.05, 3.63) is 83.9 Å². The highest BCUT2D eigenvalue weighted by Gasteiger charge is 2.05. The maximum Gasteiger partial charge on any atom is 0.414 e. The predicted molar refractivity (Wildman–Crippen MR) is 110 cm³/mol. The van der Waals surface area contributed by atoms with E-state index in [9.17, 15) is 0 Å². The van der Waals surface area contributed by atoms with Crippen LogP contribution in [0, 0.1) is 0 Å². The summed E-state index contributed by atoms with van der Waals surface area (Å²) in [5.41, 5.74) is 2.80. The van der Waals surface area contributed by atoms with E-state index in [2.05, 4.69) is 85.0 Å². The number of carboxylic acid groups (broad SMARTS) is 2. The molecule has 3 aromatic carbocycles. The number of carbonyl (C=O) groups is 2. The quantitative estimate of drug-likeness (QED) is 0.561. The van der Waals surface area contributed by atoms with Crippen LogP contribution in [0.2, 0.25) is 0 Å². The highest BCUT2D eigenvalue weighted by atomic mass is 16.4. The Morgan fingerprint density at radius 2 is 1.46 bits per heavy atom. The maximum atomic E-state index is 9.10. The molecule has 28 heavy (non-hydrogen) atoms. The fraction of sp³-hybridized carbons (Fsp3) is 0.217. The summed E-state index contributed by atoms with van der Waals surface area (Å²) in [5, 5.41) is 21.1. The number of carboxylic acids is 2. The van der Waals surface area contributed by atoms with Gasteiger partial charge < -0.3 is 15.5 Å². The van der Waals surface area contributed by atoms with E-state index in [4.69, 9.17) is 19.8 Å². The first-order valence-electron chi connectivity index (χ1n) is 9.17. The summed E-state index contributed by atoms with van der Waals surface area (Å²) >= 11 is 0. The standard InChI is InChI=1S/C21H23N.C2H2O4/c1-17(14-15-18-8-3-2-4-9-18)22-16-20-12-7-11-19-10-5-6-13-21(19)20;3-1(4)2(5)6/h2-13,17,22H,14-16H2,1H3;(H,3,4)(H,5,6). The molecule has 0 aromatic heterocycles. The van der Waals surface area contributed by atoms with Gasteiger partial charge in [-0.3, -0.25) is 0 Å². The number of rotatable bonds is 6. The van der Waals surface area contributed by atoms with Crippen LogP contribution in [0.4, 0.5) is 0 Å². The molecule has 0 amide bonds. The molecule has 5 nitrogen and oxygen atoms in total. The molecular weight excluding hydrogens is 354 g/mol. The van der Waals surface area contributed by atoms with Gasteiger partial charge in [0.2, 0.25) is 0 Å². The van der Waals surface area contributed by atoms with Gasteiger partial charge in [0.1, 0.15) is 0 Å². The number of hydrogen-bond acceptors (Lipinski definition) is 3. The molecule has 0 bridgehead atoms. The van der Waals surface area contributed by atoms with Crippen LogP contribution in [0.25, 0.3) is 10.8 Å². The first-order chi connectivity index (χ1) is 13.5. The fourth-order valence-corrected chi connectivity index (χ4v) is 2.86. The Morgan fingerprint density at radius 1 is 0.857 bits per heavy atom. The van der Waals surface area contributed by atoms with Gasteiger partial charge in [0, 0.05) is 12.6 Å². The molecule has 0 spiro atoms. The molecule has 3 aromatic rings. The van der Waals surface area contributed by atoms with Crippen molar-refractivity contribution < 1.29 is 19.8 Å². The summed E-state index contributed by atoms with van der Waals surface area (Å²) < 4.78 is 0. The third kappa shape index (κ3) is 6.85. The highest BCUT2D eigenvalue weighted by molar-refractivity contribution is 6.27. The van der Waals surface area contributed by atoms with Gasteiger partial charge in [-0.25, -0.2) is 9.59 Å². The van der Waals surface area contributed by atoms with Crippen LogP contribution in [-0.4, -0.2) is 28.2 Å². The minimum Gasteiger partial charge on any atom is -0.473 e. The van der Waals surface area contributed by atoms with Crippen molar-refractivity contribution >= 4 is 22.7 Å². The van der Waals surface area contributed by atoms with Gasteiger partial charge in [-0.15, -0.1) is 0 Å². The lowest BCUT2D eigenvalue weighted by Crippen LogP contribution is -2.26. The molecule has 0 aliphatic heterocycles. The second-order valence-electron chi connectivity index (χ2n) is 6.55. The molecule has 3 N–H and O–H groups in total. The van der Waals surface area contributed by atoms with E-state index in [0.717, 1.165) is 19.4 Å². The normalized spacial score (nSPS) is 11.3. The lowest BCUT2D eigenvalue weighted by Gasteiger charge is -2.15. The lowest BCUT2D eigenvalue weighted by molar-refractivity contribution is -0.159. The maximum absolute atomic E-state index is 9.10. The molecule has 0 aliphatic rings. The number of aliphatic carboxylic acids is 2. The van der Waals surface area contributed by atoms with Crippen LogP contribution in [0.5, 0.6) is 0 Å². The molecule has 0 radical (unpaired) electrons. The highest BCUT2D eigenvalue weighted by Crippen LogP contribution is 2.18. The zero-order chi connectivity index (χ0) is 20.4. The Morgan fingerprint density at radius 3 is 2.14 bits per heavy atom. The Bertz CT molecular complexity index is 891. The molecule has 0 heterocycles. The van der Waals surface area contributed by atoms with E-state index >= 15 is 0 Å². The average Bonchev–Trinajstić information content (AvgIpc) is 2.72. The summed E-state index contributed by atoms with van der Waals surface area (Å²) in [7, 11) is 0. The average molecular weight is 379 g/mol. The number of fused-ring (bicyclic) bond motifs is 1. The Balaban J connectivity index is 0.000000409. The number of benzene rings is 3. The van der Waals surface area contributed by atoms with Gasteiger partial charge in [0.15, 0.2) is 0 Å². The van der Waals surface area contributed by atoms with Gasteiger partial charge in [-0.1, -0.05) is 72.8 Å². The monoisotopic (exact) mass is 379 g/mol. The first kappa shape index (κ1) is 21.1. The fourth-order valence-electron chi connectivity index (χ4n) is 2.86. The molecule has 1 atom stereocenters. The van der Waals surface area contributed by atoms with Crippen LogP contribution in [-0.2, 0) is 22.6 Å². The van der Waals surface area contributed by atoms with Gasteiger partial charge in [0.05, 0.1) is 0 Å². The summed E-state index contributed by atoms with van der Waals surface area (Å²) in [4.78, 5) is 18.2. The Hall–Kier alpha value is -3.18. The van der Waals surface area contributed by atoms with Gasteiger partial charge in [-0.2, -0.15) is 0 Å². The SMILES string of the molecule is CC(CCc1ccccc1)NCc1cccc2ccccc12.O=C(O)C(=O)O.